The highest BCUT2D eigenvalue weighted by Gasteiger charge is 2.57. The molecule has 0 heterocycles. The largest absolute Gasteiger partial charge is 0.463 e. The van der Waals surface area contributed by atoms with Crippen molar-refractivity contribution in [1.82, 2.24) is 0 Å². The number of ether oxygens (including phenoxy) is 1. The summed E-state index contributed by atoms with van der Waals surface area (Å²) in [4.78, 5) is 23.5. The Labute approximate surface area is 169 Å². The molecular formula is C25H34O3. The van der Waals surface area contributed by atoms with Crippen molar-refractivity contribution in [1.29, 1.82) is 0 Å². The highest BCUT2D eigenvalue weighted by molar-refractivity contribution is 5.92. The van der Waals surface area contributed by atoms with Crippen molar-refractivity contribution >= 4 is 11.8 Å². The van der Waals surface area contributed by atoms with Gasteiger partial charge in [-0.15, -0.1) is 0 Å². The maximum atomic E-state index is 11.9. The Hall–Kier alpha value is -1.64. The molecule has 0 spiro atoms. The monoisotopic (exact) mass is 382 g/mol. The van der Waals surface area contributed by atoms with Gasteiger partial charge in [0.2, 0.25) is 0 Å². The number of rotatable bonds is 4. The zero-order chi connectivity index (χ0) is 19.9. The summed E-state index contributed by atoms with van der Waals surface area (Å²) >= 11 is 0. The van der Waals surface area contributed by atoms with Crippen LogP contribution in [0.4, 0.5) is 0 Å². The van der Waals surface area contributed by atoms with Crippen molar-refractivity contribution in [2.75, 3.05) is 6.61 Å². The minimum atomic E-state index is -0.222. The number of allylic oxidation sites excluding steroid dienone is 5. The van der Waals surface area contributed by atoms with E-state index in [0.29, 0.717) is 42.0 Å². The molecule has 4 rings (SSSR count). The first-order valence-corrected chi connectivity index (χ1v) is 11.1. The molecule has 4 unspecified atom stereocenters. The van der Waals surface area contributed by atoms with Crippen LogP contribution in [-0.2, 0) is 14.3 Å². The molecular weight excluding hydrogens is 348 g/mol. The molecule has 0 radical (unpaired) electrons. The molecule has 3 heteroatoms. The Balaban J connectivity index is 1.52. The molecule has 3 nitrogen and oxygen atoms in total. The third-order valence-electron chi connectivity index (χ3n) is 8.67. The van der Waals surface area contributed by atoms with Crippen molar-refractivity contribution in [3.63, 3.8) is 0 Å². The molecule has 28 heavy (non-hydrogen) atoms. The number of carbonyl (C=O) groups is 2. The Kier molecular flexibility index (Phi) is 5.14. The van der Waals surface area contributed by atoms with E-state index < -0.39 is 0 Å². The van der Waals surface area contributed by atoms with Crippen LogP contribution in [0.5, 0.6) is 0 Å². The van der Waals surface area contributed by atoms with Crippen LogP contribution in [0.15, 0.2) is 36.0 Å². The minimum Gasteiger partial charge on any atom is -0.463 e. The molecule has 0 aromatic carbocycles. The lowest BCUT2D eigenvalue weighted by atomic mass is 9.48. The van der Waals surface area contributed by atoms with Gasteiger partial charge in [0.25, 0.3) is 0 Å². The Morgan fingerprint density at radius 3 is 2.82 bits per heavy atom. The van der Waals surface area contributed by atoms with Crippen LogP contribution in [0, 0.1) is 34.5 Å². The maximum Gasteiger partial charge on any atom is 0.330 e. The number of fused-ring (bicyclic) bond motifs is 5. The highest BCUT2D eigenvalue weighted by Crippen LogP contribution is 2.65. The third-order valence-corrected chi connectivity index (χ3v) is 8.67. The average Bonchev–Trinajstić information content (AvgIpc) is 2.99. The first kappa shape index (κ1) is 19.7. The van der Waals surface area contributed by atoms with E-state index in [4.69, 9.17) is 4.74 Å². The summed E-state index contributed by atoms with van der Waals surface area (Å²) in [5, 5.41) is 0. The van der Waals surface area contributed by atoms with Gasteiger partial charge < -0.3 is 4.74 Å². The van der Waals surface area contributed by atoms with Crippen molar-refractivity contribution in [2.45, 2.75) is 65.7 Å². The van der Waals surface area contributed by atoms with Crippen LogP contribution in [0.3, 0.4) is 0 Å². The molecule has 0 aromatic rings. The number of carbonyl (C=O) groups excluding carboxylic acids is 2. The Bertz CT molecular complexity index is 745. The lowest BCUT2D eigenvalue weighted by molar-refractivity contribution is -0.137. The summed E-state index contributed by atoms with van der Waals surface area (Å²) in [6.07, 6.45) is 18.0. The fourth-order valence-electron chi connectivity index (χ4n) is 7.01. The summed E-state index contributed by atoms with van der Waals surface area (Å²) in [5.74, 6) is 2.75. The summed E-state index contributed by atoms with van der Waals surface area (Å²) < 4.78 is 5.01. The molecule has 0 amide bonds. The molecule has 2 fully saturated rings. The molecule has 4 aliphatic carbocycles. The first-order chi connectivity index (χ1) is 13.4. The third kappa shape index (κ3) is 3.11. The van der Waals surface area contributed by atoms with Gasteiger partial charge in [0.15, 0.2) is 5.78 Å². The second-order valence-electron chi connectivity index (χ2n) is 9.84. The van der Waals surface area contributed by atoms with Crippen LogP contribution in [0.1, 0.15) is 65.7 Å². The van der Waals surface area contributed by atoms with Gasteiger partial charge in [-0.05, 0) is 91.6 Å². The van der Waals surface area contributed by atoms with Gasteiger partial charge in [0.05, 0.1) is 6.61 Å². The molecule has 6 atom stereocenters. The normalized spacial score (nSPS) is 42.0. The summed E-state index contributed by atoms with van der Waals surface area (Å²) in [7, 11) is 0. The number of hydrogen-bond acceptors (Lipinski definition) is 3. The standard InChI is InChI=1S/C25H34O3/c1-4-28-23(27)7-5-6-17-9-11-21-20-10-8-18-16-19(26)12-14-25(18,3)22(20)13-15-24(17,21)2/h5,7-8,10,16-17,20-22H,4,6,9,11-15H2,1-3H3/b7-5+/t17?,20?,21?,22?,24-,25+/m1/s1. The number of esters is 1. The average molecular weight is 383 g/mol. The van der Waals surface area contributed by atoms with Crippen LogP contribution in [0.25, 0.3) is 0 Å². The summed E-state index contributed by atoms with van der Waals surface area (Å²) in [6.45, 7) is 7.18. The lowest BCUT2D eigenvalue weighted by Gasteiger charge is -2.56. The van der Waals surface area contributed by atoms with Crippen LogP contribution < -0.4 is 0 Å². The lowest BCUT2D eigenvalue weighted by Crippen LogP contribution is -2.48. The molecule has 0 saturated heterocycles. The fraction of sp³-hybridized carbons (Fsp3) is 0.680. The Morgan fingerprint density at radius 2 is 2.04 bits per heavy atom. The van der Waals surface area contributed by atoms with Crippen molar-refractivity contribution in [3.05, 3.63) is 36.0 Å². The zero-order valence-electron chi connectivity index (χ0n) is 17.6. The summed E-state index contributed by atoms with van der Waals surface area (Å²) in [6, 6.07) is 0. The van der Waals surface area contributed by atoms with Gasteiger partial charge in [0, 0.05) is 12.5 Å². The summed E-state index contributed by atoms with van der Waals surface area (Å²) in [5.41, 5.74) is 1.81. The fourth-order valence-corrected chi connectivity index (χ4v) is 7.01. The van der Waals surface area contributed by atoms with Crippen LogP contribution in [-0.4, -0.2) is 18.4 Å². The van der Waals surface area contributed by atoms with Gasteiger partial charge in [-0.2, -0.15) is 0 Å². The maximum absolute atomic E-state index is 11.9. The predicted octanol–water partition coefficient (Wildman–Crippen LogP) is 5.42. The van der Waals surface area contributed by atoms with Crippen LogP contribution >= 0.6 is 0 Å². The number of hydrogen-bond donors (Lipinski definition) is 0. The van der Waals surface area contributed by atoms with Gasteiger partial charge in [-0.25, -0.2) is 4.79 Å². The zero-order valence-corrected chi connectivity index (χ0v) is 17.6. The van der Waals surface area contributed by atoms with E-state index in [-0.39, 0.29) is 11.4 Å². The van der Waals surface area contributed by atoms with Crippen LogP contribution in [0.2, 0.25) is 0 Å². The Morgan fingerprint density at radius 1 is 1.21 bits per heavy atom. The second-order valence-corrected chi connectivity index (χ2v) is 9.84. The van der Waals surface area contributed by atoms with Crippen molar-refractivity contribution in [2.24, 2.45) is 34.5 Å². The number of ketones is 1. The van der Waals surface area contributed by atoms with E-state index >= 15 is 0 Å². The van der Waals surface area contributed by atoms with E-state index in [1.54, 1.807) is 6.08 Å². The predicted molar refractivity (Wildman–Crippen MR) is 110 cm³/mol. The van der Waals surface area contributed by atoms with E-state index in [1.165, 1.54) is 31.3 Å². The highest BCUT2D eigenvalue weighted by atomic mass is 16.5. The molecule has 0 aromatic heterocycles. The van der Waals surface area contributed by atoms with Gasteiger partial charge >= 0.3 is 5.97 Å². The van der Waals surface area contributed by atoms with Crippen molar-refractivity contribution in [3.8, 4) is 0 Å². The SMILES string of the molecule is CCOC(=O)/C=C/CC1CCC2C3C=CC4=CC(=O)CC[C@]4(C)C3CC[C@]12C. The molecule has 4 aliphatic rings. The van der Waals surface area contributed by atoms with E-state index in [1.807, 2.05) is 19.1 Å². The smallest absolute Gasteiger partial charge is 0.330 e. The van der Waals surface area contributed by atoms with E-state index in [9.17, 15) is 9.59 Å². The molecule has 0 aliphatic heterocycles. The van der Waals surface area contributed by atoms with Gasteiger partial charge in [0.1, 0.15) is 0 Å². The van der Waals surface area contributed by atoms with Gasteiger partial charge in [-0.3, -0.25) is 4.79 Å². The van der Waals surface area contributed by atoms with Crippen molar-refractivity contribution < 1.29 is 14.3 Å². The molecule has 0 N–H and O–H groups in total. The first-order valence-electron chi connectivity index (χ1n) is 11.1. The minimum absolute atomic E-state index is 0.177. The van der Waals surface area contributed by atoms with E-state index in [0.717, 1.165) is 18.8 Å². The van der Waals surface area contributed by atoms with E-state index in [2.05, 4.69) is 26.0 Å². The van der Waals surface area contributed by atoms with Gasteiger partial charge in [-0.1, -0.05) is 32.1 Å². The quantitative estimate of drug-likeness (QED) is 0.482. The molecule has 0 bridgehead atoms. The molecule has 152 valence electrons. The molecule has 2 saturated carbocycles. The second kappa shape index (κ2) is 7.31. The topological polar surface area (TPSA) is 43.4 Å².